The molecule has 0 spiro atoms. The van der Waals surface area contributed by atoms with Gasteiger partial charge in [0.2, 0.25) is 0 Å². The van der Waals surface area contributed by atoms with E-state index in [1.807, 2.05) is 0 Å². The Morgan fingerprint density at radius 1 is 1.47 bits per heavy atom. The van der Waals surface area contributed by atoms with Gasteiger partial charge < -0.3 is 20.1 Å². The van der Waals surface area contributed by atoms with Crippen molar-refractivity contribution in [3.8, 4) is 5.75 Å². The Morgan fingerprint density at radius 2 is 2.24 bits per heavy atom. The first-order valence-corrected chi connectivity index (χ1v) is 5.07. The second-order valence-electron chi connectivity index (χ2n) is 3.94. The van der Waals surface area contributed by atoms with Gasteiger partial charge in [0, 0.05) is 5.56 Å². The minimum atomic E-state index is -1.43. The highest BCUT2D eigenvalue weighted by molar-refractivity contribution is 5.89. The molecule has 0 fully saturated rings. The number of aliphatic hydroxyl groups is 2. The molecule has 0 saturated heterocycles. The second-order valence-corrected chi connectivity index (χ2v) is 3.94. The predicted molar refractivity (Wildman–Crippen MR) is 60.0 cm³/mol. The zero-order valence-electron chi connectivity index (χ0n) is 8.96. The number of rotatable bonds is 2. The summed E-state index contributed by atoms with van der Waals surface area (Å²) in [6.45, 7) is -0.525. The summed E-state index contributed by atoms with van der Waals surface area (Å²) in [5.74, 6) is -0.543. The van der Waals surface area contributed by atoms with Crippen LogP contribution in [0.4, 0.5) is 0 Å². The third-order valence-electron chi connectivity index (χ3n) is 2.58. The van der Waals surface area contributed by atoms with Crippen LogP contribution >= 0.6 is 0 Å². The Morgan fingerprint density at radius 3 is 2.88 bits per heavy atom. The van der Waals surface area contributed by atoms with Gasteiger partial charge in [0.15, 0.2) is 0 Å². The van der Waals surface area contributed by atoms with E-state index in [1.54, 1.807) is 6.08 Å². The first-order valence-electron chi connectivity index (χ1n) is 5.07. The molecule has 0 saturated carbocycles. The molecule has 1 atom stereocenters. The van der Waals surface area contributed by atoms with Crippen LogP contribution in [-0.4, -0.2) is 40.1 Å². The molecule has 90 valence electrons. The number of carboxylic acid groups (broad SMARTS) is 1. The van der Waals surface area contributed by atoms with Gasteiger partial charge in [-0.3, -0.25) is 0 Å². The van der Waals surface area contributed by atoms with E-state index in [2.05, 4.69) is 0 Å². The summed E-state index contributed by atoms with van der Waals surface area (Å²) in [5, 5.41) is 27.7. The van der Waals surface area contributed by atoms with Crippen molar-refractivity contribution in [1.29, 1.82) is 0 Å². The van der Waals surface area contributed by atoms with Crippen LogP contribution in [-0.2, 0) is 0 Å². The molecule has 1 heterocycles. The summed E-state index contributed by atoms with van der Waals surface area (Å²) < 4.78 is 5.32. The van der Waals surface area contributed by atoms with Crippen molar-refractivity contribution in [3.05, 3.63) is 35.4 Å². The lowest BCUT2D eigenvalue weighted by atomic mass is 10.0. The average molecular weight is 236 g/mol. The van der Waals surface area contributed by atoms with Gasteiger partial charge in [-0.15, -0.1) is 0 Å². The third-order valence-corrected chi connectivity index (χ3v) is 2.58. The Kier molecular flexibility index (Phi) is 2.87. The molecular weight excluding hydrogens is 224 g/mol. The number of ether oxygens (including phenoxy) is 1. The number of aromatic carboxylic acids is 1. The van der Waals surface area contributed by atoms with E-state index in [9.17, 15) is 9.90 Å². The van der Waals surface area contributed by atoms with Crippen LogP contribution in [0.5, 0.6) is 5.75 Å². The van der Waals surface area contributed by atoms with E-state index in [1.165, 1.54) is 24.3 Å². The van der Waals surface area contributed by atoms with Crippen molar-refractivity contribution in [2.75, 3.05) is 13.2 Å². The van der Waals surface area contributed by atoms with Crippen molar-refractivity contribution in [2.24, 2.45) is 0 Å². The molecule has 0 bridgehead atoms. The summed E-state index contributed by atoms with van der Waals surface area (Å²) in [6.07, 6.45) is 2.95. The highest BCUT2D eigenvalue weighted by Crippen LogP contribution is 2.27. The van der Waals surface area contributed by atoms with Crippen LogP contribution in [0.2, 0.25) is 0 Å². The Labute approximate surface area is 97.6 Å². The standard InChI is InChI=1S/C12H12O5/c13-6-12(16)4-3-8-5-9(11(14)15)1-2-10(8)17-7-12/h1-5,13,16H,6-7H2,(H,14,15). The molecule has 3 N–H and O–H groups in total. The number of hydrogen-bond donors (Lipinski definition) is 3. The van der Waals surface area contributed by atoms with Crippen LogP contribution in [0.25, 0.3) is 6.08 Å². The molecule has 1 aromatic carbocycles. The molecule has 2 rings (SSSR count). The normalized spacial score (nSPS) is 22.5. The molecule has 1 aliphatic heterocycles. The number of carboxylic acids is 1. The summed E-state index contributed by atoms with van der Waals surface area (Å²) >= 11 is 0. The van der Waals surface area contributed by atoms with Crippen LogP contribution in [0, 0.1) is 0 Å². The van der Waals surface area contributed by atoms with E-state index in [0.717, 1.165) is 0 Å². The Hall–Kier alpha value is -1.85. The topological polar surface area (TPSA) is 87.0 Å². The molecule has 0 aromatic heterocycles. The first-order chi connectivity index (χ1) is 8.04. The third kappa shape index (κ3) is 2.30. The molecule has 5 heteroatoms. The molecule has 0 aliphatic carbocycles. The van der Waals surface area contributed by atoms with Crippen molar-refractivity contribution in [3.63, 3.8) is 0 Å². The number of carbonyl (C=O) groups is 1. The minimum Gasteiger partial charge on any atom is -0.490 e. The maximum absolute atomic E-state index is 10.8. The number of aliphatic hydroxyl groups excluding tert-OH is 1. The minimum absolute atomic E-state index is 0.0700. The van der Waals surface area contributed by atoms with Crippen LogP contribution in [0.15, 0.2) is 24.3 Å². The fourth-order valence-electron chi connectivity index (χ4n) is 1.54. The van der Waals surface area contributed by atoms with Crippen molar-refractivity contribution >= 4 is 12.0 Å². The first kappa shape index (κ1) is 11.6. The number of fused-ring (bicyclic) bond motifs is 1. The lowest BCUT2D eigenvalue weighted by molar-refractivity contribution is -0.00747. The zero-order valence-corrected chi connectivity index (χ0v) is 8.96. The summed E-state index contributed by atoms with van der Waals surface area (Å²) in [4.78, 5) is 10.8. The smallest absolute Gasteiger partial charge is 0.335 e. The molecular formula is C12H12O5. The van der Waals surface area contributed by atoms with E-state index in [4.69, 9.17) is 14.9 Å². The SMILES string of the molecule is O=C(O)c1ccc2c(c1)C=CC(O)(CO)CO2. The molecule has 17 heavy (non-hydrogen) atoms. The van der Waals surface area contributed by atoms with Crippen molar-refractivity contribution < 1.29 is 24.9 Å². The molecule has 0 amide bonds. The number of hydrogen-bond acceptors (Lipinski definition) is 4. The molecule has 5 nitrogen and oxygen atoms in total. The highest BCUT2D eigenvalue weighted by atomic mass is 16.5. The monoisotopic (exact) mass is 236 g/mol. The van der Waals surface area contributed by atoms with Gasteiger partial charge in [-0.25, -0.2) is 4.79 Å². The molecule has 0 radical (unpaired) electrons. The Bertz CT molecular complexity index is 480. The fourth-order valence-corrected chi connectivity index (χ4v) is 1.54. The van der Waals surface area contributed by atoms with Gasteiger partial charge in [-0.05, 0) is 24.3 Å². The lowest BCUT2D eigenvalue weighted by Crippen LogP contribution is -2.37. The summed E-state index contributed by atoms with van der Waals surface area (Å²) in [5.41, 5.74) is -0.719. The maximum atomic E-state index is 10.8. The average Bonchev–Trinajstić information content (AvgIpc) is 2.50. The van der Waals surface area contributed by atoms with Crippen LogP contribution in [0.1, 0.15) is 15.9 Å². The van der Waals surface area contributed by atoms with Gasteiger partial charge >= 0.3 is 5.97 Å². The summed E-state index contributed by atoms with van der Waals surface area (Å²) in [7, 11) is 0. The van der Waals surface area contributed by atoms with E-state index >= 15 is 0 Å². The maximum Gasteiger partial charge on any atom is 0.335 e. The fraction of sp³-hybridized carbons (Fsp3) is 0.250. The molecule has 1 aromatic rings. The van der Waals surface area contributed by atoms with Gasteiger partial charge in [-0.1, -0.05) is 6.08 Å². The van der Waals surface area contributed by atoms with Gasteiger partial charge in [0.05, 0.1) is 12.2 Å². The Balaban J connectivity index is 2.39. The van der Waals surface area contributed by atoms with Gasteiger partial charge in [-0.2, -0.15) is 0 Å². The second kappa shape index (κ2) is 4.20. The molecule has 1 aliphatic rings. The van der Waals surface area contributed by atoms with Crippen molar-refractivity contribution in [1.82, 2.24) is 0 Å². The quantitative estimate of drug-likeness (QED) is 0.696. The van der Waals surface area contributed by atoms with Crippen LogP contribution < -0.4 is 4.74 Å². The molecule has 1 unspecified atom stereocenters. The van der Waals surface area contributed by atoms with Gasteiger partial charge in [0.1, 0.15) is 18.0 Å². The lowest BCUT2D eigenvalue weighted by Gasteiger charge is -2.20. The van der Waals surface area contributed by atoms with Crippen LogP contribution in [0.3, 0.4) is 0 Å². The van der Waals surface area contributed by atoms with E-state index in [-0.39, 0.29) is 12.2 Å². The van der Waals surface area contributed by atoms with E-state index in [0.29, 0.717) is 11.3 Å². The van der Waals surface area contributed by atoms with Gasteiger partial charge in [0.25, 0.3) is 0 Å². The largest absolute Gasteiger partial charge is 0.490 e. The number of benzene rings is 1. The summed E-state index contributed by atoms with van der Waals surface area (Å²) in [6, 6.07) is 4.42. The van der Waals surface area contributed by atoms with E-state index < -0.39 is 18.2 Å². The highest BCUT2D eigenvalue weighted by Gasteiger charge is 2.26. The van der Waals surface area contributed by atoms with Crippen molar-refractivity contribution in [2.45, 2.75) is 5.60 Å². The predicted octanol–water partition coefficient (Wildman–Crippen LogP) is 0.514. The zero-order chi connectivity index (χ0) is 12.5.